The lowest BCUT2D eigenvalue weighted by Crippen LogP contribution is -2.19. The van der Waals surface area contributed by atoms with E-state index in [1.165, 1.54) is 12.4 Å². The highest BCUT2D eigenvalue weighted by atomic mass is 19.1. The van der Waals surface area contributed by atoms with Crippen LogP contribution in [0.25, 0.3) is 5.69 Å². The molecular weight excluding hydrogens is 259 g/mol. The number of carbonyl (C=O) groups excluding carboxylic acids is 1. The highest BCUT2D eigenvalue weighted by Crippen LogP contribution is 2.18. The minimum absolute atomic E-state index is 0.0268. The molecule has 20 heavy (non-hydrogen) atoms. The number of hydrogen-bond acceptors (Lipinski definition) is 3. The Morgan fingerprint density at radius 3 is 2.95 bits per heavy atom. The van der Waals surface area contributed by atoms with Gasteiger partial charge in [0, 0.05) is 30.5 Å². The number of halogens is 1. The molecular formula is C14H17FN4O. The number of nitrogens with two attached hydrogens (primary N) is 1. The molecule has 3 N–H and O–H groups in total. The van der Waals surface area contributed by atoms with Crippen molar-refractivity contribution in [2.45, 2.75) is 25.8 Å². The lowest BCUT2D eigenvalue weighted by atomic mass is 10.2. The minimum atomic E-state index is -0.423. The van der Waals surface area contributed by atoms with Crippen molar-refractivity contribution in [1.29, 1.82) is 0 Å². The van der Waals surface area contributed by atoms with Crippen LogP contribution in [0.3, 0.4) is 0 Å². The Balaban J connectivity index is 2.04. The van der Waals surface area contributed by atoms with Gasteiger partial charge < -0.3 is 15.6 Å². The summed E-state index contributed by atoms with van der Waals surface area (Å²) >= 11 is 0. The predicted octanol–water partition coefficient (Wildman–Crippen LogP) is 2.08. The first kappa shape index (κ1) is 14.2. The van der Waals surface area contributed by atoms with Crippen LogP contribution in [-0.2, 0) is 4.79 Å². The van der Waals surface area contributed by atoms with E-state index in [0.717, 1.165) is 0 Å². The fourth-order valence-corrected chi connectivity index (χ4v) is 1.78. The molecule has 6 heteroatoms. The maximum Gasteiger partial charge on any atom is 0.224 e. The van der Waals surface area contributed by atoms with E-state index in [1.54, 1.807) is 29.1 Å². The van der Waals surface area contributed by atoms with Crippen LogP contribution in [0.2, 0.25) is 0 Å². The first-order valence-electron chi connectivity index (χ1n) is 6.39. The number of nitrogens with one attached hydrogen (secondary N) is 1. The second-order valence-corrected chi connectivity index (χ2v) is 4.70. The monoisotopic (exact) mass is 276 g/mol. The number of hydrogen-bond donors (Lipinski definition) is 2. The van der Waals surface area contributed by atoms with Crippen LogP contribution in [-0.4, -0.2) is 21.5 Å². The SMILES string of the molecule is CC(N)CCC(=O)Nc1ccc(-n2ccnc2)c(F)c1. The van der Waals surface area contributed by atoms with Gasteiger partial charge in [-0.25, -0.2) is 9.37 Å². The Morgan fingerprint density at radius 1 is 1.55 bits per heavy atom. The van der Waals surface area contributed by atoms with Gasteiger partial charge in [0.1, 0.15) is 5.82 Å². The first-order valence-corrected chi connectivity index (χ1v) is 6.39. The molecule has 1 aromatic carbocycles. The molecule has 1 heterocycles. The second-order valence-electron chi connectivity index (χ2n) is 4.70. The Kier molecular flexibility index (Phi) is 4.47. The molecule has 2 aromatic rings. The smallest absolute Gasteiger partial charge is 0.224 e. The quantitative estimate of drug-likeness (QED) is 0.878. The van der Waals surface area contributed by atoms with Gasteiger partial charge in [0.25, 0.3) is 0 Å². The summed E-state index contributed by atoms with van der Waals surface area (Å²) in [6.45, 7) is 1.84. The average molecular weight is 276 g/mol. The normalized spacial score (nSPS) is 12.2. The summed E-state index contributed by atoms with van der Waals surface area (Å²) < 4.78 is 15.5. The minimum Gasteiger partial charge on any atom is -0.328 e. The van der Waals surface area contributed by atoms with E-state index in [-0.39, 0.29) is 11.9 Å². The zero-order chi connectivity index (χ0) is 14.5. The maximum absolute atomic E-state index is 14.0. The largest absolute Gasteiger partial charge is 0.328 e. The Morgan fingerprint density at radius 2 is 2.35 bits per heavy atom. The Bertz CT molecular complexity index is 581. The van der Waals surface area contributed by atoms with E-state index < -0.39 is 5.82 Å². The van der Waals surface area contributed by atoms with Crippen molar-refractivity contribution in [1.82, 2.24) is 9.55 Å². The van der Waals surface area contributed by atoms with E-state index in [1.807, 2.05) is 6.92 Å². The van der Waals surface area contributed by atoms with Gasteiger partial charge in [-0.2, -0.15) is 0 Å². The van der Waals surface area contributed by atoms with Crippen molar-refractivity contribution < 1.29 is 9.18 Å². The fourth-order valence-electron chi connectivity index (χ4n) is 1.78. The third kappa shape index (κ3) is 3.64. The van der Waals surface area contributed by atoms with Crippen molar-refractivity contribution in [2.24, 2.45) is 5.73 Å². The molecule has 0 fully saturated rings. The zero-order valence-corrected chi connectivity index (χ0v) is 11.2. The maximum atomic E-state index is 14.0. The topological polar surface area (TPSA) is 72.9 Å². The van der Waals surface area contributed by atoms with Gasteiger partial charge in [0.05, 0.1) is 12.0 Å². The van der Waals surface area contributed by atoms with E-state index in [4.69, 9.17) is 5.73 Å². The Labute approximate surface area is 116 Å². The van der Waals surface area contributed by atoms with Gasteiger partial charge in [-0.3, -0.25) is 4.79 Å². The number of amides is 1. The number of imidazole rings is 1. The number of nitrogens with zero attached hydrogens (tertiary/aromatic N) is 2. The molecule has 1 atom stereocenters. The standard InChI is InChI=1S/C14H17FN4O/c1-10(16)2-5-14(20)18-11-3-4-13(12(15)8-11)19-7-6-17-9-19/h3-4,6-10H,2,5,16H2,1H3,(H,18,20). The molecule has 0 aliphatic heterocycles. The summed E-state index contributed by atoms with van der Waals surface area (Å²) in [5.74, 6) is -0.593. The molecule has 0 spiro atoms. The van der Waals surface area contributed by atoms with Crippen molar-refractivity contribution in [3.8, 4) is 5.69 Å². The molecule has 0 radical (unpaired) electrons. The van der Waals surface area contributed by atoms with Crippen LogP contribution < -0.4 is 11.1 Å². The van der Waals surface area contributed by atoms with Crippen LogP contribution >= 0.6 is 0 Å². The molecule has 1 amide bonds. The number of rotatable bonds is 5. The first-order chi connectivity index (χ1) is 9.56. The summed E-state index contributed by atoms with van der Waals surface area (Å²) in [5, 5.41) is 2.65. The Hall–Kier alpha value is -2.21. The predicted molar refractivity (Wildman–Crippen MR) is 75.0 cm³/mol. The molecule has 1 aromatic heterocycles. The fraction of sp³-hybridized carbons (Fsp3) is 0.286. The van der Waals surface area contributed by atoms with Crippen LogP contribution in [0.5, 0.6) is 0 Å². The lowest BCUT2D eigenvalue weighted by molar-refractivity contribution is -0.116. The van der Waals surface area contributed by atoms with Crippen molar-refractivity contribution in [3.63, 3.8) is 0 Å². The second kappa shape index (κ2) is 6.29. The molecule has 0 saturated heterocycles. The molecule has 0 saturated carbocycles. The number of aromatic nitrogens is 2. The molecule has 5 nitrogen and oxygen atoms in total. The van der Waals surface area contributed by atoms with Crippen molar-refractivity contribution >= 4 is 11.6 Å². The highest BCUT2D eigenvalue weighted by Gasteiger charge is 2.08. The number of carbonyl (C=O) groups is 1. The molecule has 0 aliphatic carbocycles. The van der Waals surface area contributed by atoms with Gasteiger partial charge in [-0.15, -0.1) is 0 Å². The highest BCUT2D eigenvalue weighted by molar-refractivity contribution is 5.90. The summed E-state index contributed by atoms with van der Waals surface area (Å²) in [5.41, 5.74) is 6.40. The van der Waals surface area contributed by atoms with Crippen LogP contribution in [0.4, 0.5) is 10.1 Å². The van der Waals surface area contributed by atoms with E-state index in [9.17, 15) is 9.18 Å². The van der Waals surface area contributed by atoms with Gasteiger partial charge in [0.2, 0.25) is 5.91 Å². The summed E-state index contributed by atoms with van der Waals surface area (Å²) in [6, 6.07) is 4.51. The molecule has 1 unspecified atom stereocenters. The third-order valence-electron chi connectivity index (χ3n) is 2.84. The third-order valence-corrected chi connectivity index (χ3v) is 2.84. The molecule has 106 valence electrons. The van der Waals surface area contributed by atoms with Gasteiger partial charge in [-0.1, -0.05) is 0 Å². The number of anilines is 1. The zero-order valence-electron chi connectivity index (χ0n) is 11.2. The van der Waals surface area contributed by atoms with E-state index in [0.29, 0.717) is 24.2 Å². The van der Waals surface area contributed by atoms with Crippen molar-refractivity contribution in [2.75, 3.05) is 5.32 Å². The number of benzene rings is 1. The molecule has 0 bridgehead atoms. The average Bonchev–Trinajstić information content (AvgIpc) is 2.90. The van der Waals surface area contributed by atoms with E-state index >= 15 is 0 Å². The van der Waals surface area contributed by atoms with Crippen LogP contribution in [0.15, 0.2) is 36.9 Å². The van der Waals surface area contributed by atoms with E-state index in [2.05, 4.69) is 10.3 Å². The molecule has 0 aliphatic rings. The van der Waals surface area contributed by atoms with Gasteiger partial charge in [-0.05, 0) is 31.5 Å². The lowest BCUT2D eigenvalue weighted by Gasteiger charge is -2.09. The van der Waals surface area contributed by atoms with Gasteiger partial charge in [0.15, 0.2) is 0 Å². The van der Waals surface area contributed by atoms with Crippen molar-refractivity contribution in [3.05, 3.63) is 42.7 Å². The van der Waals surface area contributed by atoms with Crippen LogP contribution in [0, 0.1) is 5.82 Å². The summed E-state index contributed by atoms with van der Waals surface area (Å²) in [6.07, 6.45) is 5.66. The summed E-state index contributed by atoms with van der Waals surface area (Å²) in [4.78, 5) is 15.5. The molecule has 2 rings (SSSR count). The van der Waals surface area contributed by atoms with Crippen LogP contribution in [0.1, 0.15) is 19.8 Å². The van der Waals surface area contributed by atoms with Gasteiger partial charge >= 0.3 is 0 Å². The summed E-state index contributed by atoms with van der Waals surface area (Å²) in [7, 11) is 0.